The SMILES string of the molecule is CCOP(=O)(Cc1ccc(-c2nc3ccccc3s2)cc1)OCCO. The summed E-state index contributed by atoms with van der Waals surface area (Å²) < 4.78 is 24.4. The lowest BCUT2D eigenvalue weighted by Gasteiger charge is -2.17. The van der Waals surface area contributed by atoms with Crippen molar-refractivity contribution in [2.24, 2.45) is 0 Å². The normalized spacial score (nSPS) is 13.8. The molecule has 0 spiro atoms. The Morgan fingerprint density at radius 2 is 1.88 bits per heavy atom. The second-order valence-electron chi connectivity index (χ2n) is 5.43. The van der Waals surface area contributed by atoms with Crippen LogP contribution in [0.25, 0.3) is 20.8 Å². The van der Waals surface area contributed by atoms with E-state index in [1.165, 1.54) is 0 Å². The Balaban J connectivity index is 1.78. The van der Waals surface area contributed by atoms with Crippen LogP contribution in [-0.4, -0.2) is 29.9 Å². The minimum atomic E-state index is -3.24. The minimum Gasteiger partial charge on any atom is -0.394 e. The van der Waals surface area contributed by atoms with E-state index in [1.54, 1.807) is 18.3 Å². The molecule has 0 bridgehead atoms. The molecule has 0 aliphatic carbocycles. The van der Waals surface area contributed by atoms with Crippen molar-refractivity contribution < 1.29 is 18.7 Å². The van der Waals surface area contributed by atoms with E-state index in [0.29, 0.717) is 6.61 Å². The van der Waals surface area contributed by atoms with Gasteiger partial charge in [-0.1, -0.05) is 36.4 Å². The molecule has 5 nitrogen and oxygen atoms in total. The molecule has 1 N–H and O–H groups in total. The van der Waals surface area contributed by atoms with E-state index in [4.69, 9.17) is 14.2 Å². The molecule has 25 heavy (non-hydrogen) atoms. The number of benzene rings is 2. The van der Waals surface area contributed by atoms with Crippen LogP contribution in [0.3, 0.4) is 0 Å². The van der Waals surface area contributed by atoms with Crippen LogP contribution in [0.15, 0.2) is 48.5 Å². The summed E-state index contributed by atoms with van der Waals surface area (Å²) in [6.07, 6.45) is 0.182. The van der Waals surface area contributed by atoms with Crippen molar-refractivity contribution in [2.75, 3.05) is 19.8 Å². The van der Waals surface area contributed by atoms with Gasteiger partial charge in [0.05, 0.1) is 36.2 Å². The largest absolute Gasteiger partial charge is 0.394 e. The molecular weight excluding hydrogens is 357 g/mol. The second kappa shape index (κ2) is 8.21. The molecule has 0 fully saturated rings. The molecule has 0 aliphatic rings. The maximum atomic E-state index is 12.6. The average molecular weight is 377 g/mol. The Bertz CT molecular complexity index is 845. The summed E-state index contributed by atoms with van der Waals surface area (Å²) in [5.41, 5.74) is 2.87. The summed E-state index contributed by atoms with van der Waals surface area (Å²) in [4.78, 5) is 4.64. The third-order valence-electron chi connectivity index (χ3n) is 3.58. The zero-order valence-electron chi connectivity index (χ0n) is 13.9. The summed E-state index contributed by atoms with van der Waals surface area (Å²) in [5.74, 6) is 0. The highest BCUT2D eigenvalue weighted by Gasteiger charge is 2.24. The van der Waals surface area contributed by atoms with Gasteiger partial charge in [0.15, 0.2) is 0 Å². The van der Waals surface area contributed by atoms with Crippen molar-refractivity contribution in [3.8, 4) is 10.6 Å². The van der Waals surface area contributed by atoms with Gasteiger partial charge in [0, 0.05) is 5.56 Å². The van der Waals surface area contributed by atoms with Gasteiger partial charge in [0.2, 0.25) is 0 Å². The van der Waals surface area contributed by atoms with Gasteiger partial charge >= 0.3 is 7.60 Å². The fraction of sp³-hybridized carbons (Fsp3) is 0.278. The number of thiazole rings is 1. The number of aromatic nitrogens is 1. The molecule has 0 aliphatic heterocycles. The Labute approximate surface area is 150 Å². The fourth-order valence-electron chi connectivity index (χ4n) is 2.48. The summed E-state index contributed by atoms with van der Waals surface area (Å²) in [6.45, 7) is 1.88. The maximum Gasteiger partial charge on any atom is 0.335 e. The third-order valence-corrected chi connectivity index (χ3v) is 6.64. The van der Waals surface area contributed by atoms with Crippen molar-refractivity contribution >= 4 is 29.1 Å². The van der Waals surface area contributed by atoms with Gasteiger partial charge in [0.25, 0.3) is 0 Å². The van der Waals surface area contributed by atoms with Crippen LogP contribution < -0.4 is 0 Å². The van der Waals surface area contributed by atoms with Gasteiger partial charge in [-0.05, 0) is 24.6 Å². The zero-order chi connectivity index (χ0) is 17.7. The zero-order valence-corrected chi connectivity index (χ0v) is 15.6. The van der Waals surface area contributed by atoms with Gasteiger partial charge < -0.3 is 14.2 Å². The molecule has 0 amide bonds. The van der Waals surface area contributed by atoms with Crippen molar-refractivity contribution in [1.29, 1.82) is 0 Å². The molecular formula is C18H20NO4PS. The van der Waals surface area contributed by atoms with Crippen LogP contribution in [0.2, 0.25) is 0 Å². The van der Waals surface area contributed by atoms with Gasteiger partial charge in [-0.2, -0.15) is 0 Å². The molecule has 3 aromatic rings. The first-order valence-corrected chi connectivity index (χ1v) is 10.6. The quantitative estimate of drug-likeness (QED) is 0.576. The van der Waals surface area contributed by atoms with Gasteiger partial charge in [-0.3, -0.25) is 4.57 Å². The molecule has 3 rings (SSSR count). The number of fused-ring (bicyclic) bond motifs is 1. The number of nitrogens with zero attached hydrogens (tertiary/aromatic N) is 1. The number of hydrogen-bond donors (Lipinski definition) is 1. The molecule has 132 valence electrons. The molecule has 2 aromatic carbocycles. The summed E-state index contributed by atoms with van der Waals surface area (Å²) in [6, 6.07) is 15.8. The minimum absolute atomic E-state index is 0.00106. The van der Waals surface area contributed by atoms with Crippen LogP contribution in [0.4, 0.5) is 0 Å². The van der Waals surface area contributed by atoms with E-state index < -0.39 is 7.60 Å². The summed E-state index contributed by atoms with van der Waals surface area (Å²) >= 11 is 1.65. The maximum absolute atomic E-state index is 12.6. The van der Waals surface area contributed by atoms with E-state index in [1.807, 2.05) is 42.5 Å². The summed E-state index contributed by atoms with van der Waals surface area (Å²) in [5, 5.41) is 9.83. The first kappa shape index (κ1) is 18.2. The molecule has 1 atom stereocenters. The van der Waals surface area contributed by atoms with E-state index >= 15 is 0 Å². The van der Waals surface area contributed by atoms with Crippen LogP contribution >= 0.6 is 18.9 Å². The van der Waals surface area contributed by atoms with Crippen molar-refractivity contribution in [1.82, 2.24) is 4.98 Å². The number of aliphatic hydroxyl groups is 1. The Morgan fingerprint density at radius 3 is 2.56 bits per heavy atom. The Hall–Kier alpha value is -1.56. The lowest BCUT2D eigenvalue weighted by atomic mass is 10.2. The number of hydrogen-bond acceptors (Lipinski definition) is 6. The predicted molar refractivity (Wildman–Crippen MR) is 101 cm³/mol. The highest BCUT2D eigenvalue weighted by molar-refractivity contribution is 7.53. The fourth-order valence-corrected chi connectivity index (χ4v) is 5.12. The van der Waals surface area contributed by atoms with E-state index in [-0.39, 0.29) is 19.4 Å². The van der Waals surface area contributed by atoms with E-state index in [2.05, 4.69) is 11.1 Å². The van der Waals surface area contributed by atoms with Crippen LogP contribution in [0.1, 0.15) is 12.5 Å². The lowest BCUT2D eigenvalue weighted by Crippen LogP contribution is -2.03. The van der Waals surface area contributed by atoms with Gasteiger partial charge in [-0.25, -0.2) is 4.98 Å². The molecule has 1 unspecified atom stereocenters. The van der Waals surface area contributed by atoms with Crippen LogP contribution in [-0.2, 0) is 19.8 Å². The highest BCUT2D eigenvalue weighted by Crippen LogP contribution is 2.51. The van der Waals surface area contributed by atoms with Gasteiger partial charge in [0.1, 0.15) is 5.01 Å². The Kier molecular flexibility index (Phi) is 5.99. The van der Waals surface area contributed by atoms with Crippen molar-refractivity contribution in [2.45, 2.75) is 13.1 Å². The molecule has 0 saturated carbocycles. The second-order valence-corrected chi connectivity index (χ2v) is 8.51. The average Bonchev–Trinajstić information content (AvgIpc) is 3.05. The highest BCUT2D eigenvalue weighted by atomic mass is 32.1. The molecule has 0 radical (unpaired) electrons. The molecule has 1 heterocycles. The van der Waals surface area contributed by atoms with Crippen LogP contribution in [0, 0.1) is 0 Å². The van der Waals surface area contributed by atoms with Crippen molar-refractivity contribution in [3.63, 3.8) is 0 Å². The number of para-hydroxylation sites is 1. The third kappa shape index (κ3) is 4.54. The first-order chi connectivity index (χ1) is 12.1. The van der Waals surface area contributed by atoms with Gasteiger partial charge in [-0.15, -0.1) is 11.3 Å². The number of rotatable bonds is 8. The molecule has 1 aromatic heterocycles. The monoisotopic (exact) mass is 377 g/mol. The molecule has 0 saturated heterocycles. The number of aliphatic hydroxyl groups excluding tert-OH is 1. The summed E-state index contributed by atoms with van der Waals surface area (Å²) in [7, 11) is -3.24. The van der Waals surface area contributed by atoms with Crippen LogP contribution in [0.5, 0.6) is 0 Å². The Morgan fingerprint density at radius 1 is 1.12 bits per heavy atom. The van der Waals surface area contributed by atoms with Crippen molar-refractivity contribution in [3.05, 3.63) is 54.1 Å². The predicted octanol–water partition coefficient (Wildman–Crippen LogP) is 4.70. The van der Waals surface area contributed by atoms with E-state index in [0.717, 1.165) is 26.4 Å². The molecule has 7 heteroatoms. The smallest absolute Gasteiger partial charge is 0.335 e. The lowest BCUT2D eigenvalue weighted by molar-refractivity contribution is 0.164. The standard InChI is InChI=1S/C18H20NO4PS/c1-2-22-24(21,23-12-11-20)13-14-7-9-15(10-8-14)18-19-16-5-3-4-6-17(16)25-18/h3-10,20H,2,11-13H2,1H3. The first-order valence-electron chi connectivity index (χ1n) is 8.07. The van der Waals surface area contributed by atoms with E-state index in [9.17, 15) is 4.57 Å². The topological polar surface area (TPSA) is 68.7 Å².